The molecule has 31 heavy (non-hydrogen) atoms. The standard InChI is InChI=1S/C25H29N3O2S/c1-3-13-26-25(29)28-16-20-19-10-4-5-12-22(19)31-24(20)27-14-7-11-21(27)23(28)17-8-6-9-18(15-17)30-2/h6-9,11,14-15,23H,3-5,10,12-13,16H2,1-2H3,(H,26,29). The lowest BCUT2D eigenvalue weighted by molar-refractivity contribution is 0.180. The van der Waals surface area contributed by atoms with Gasteiger partial charge < -0.3 is 19.5 Å². The third kappa shape index (κ3) is 3.53. The van der Waals surface area contributed by atoms with E-state index in [9.17, 15) is 4.79 Å². The van der Waals surface area contributed by atoms with E-state index >= 15 is 0 Å². The first kappa shape index (κ1) is 20.2. The van der Waals surface area contributed by atoms with E-state index in [1.807, 2.05) is 28.4 Å². The minimum Gasteiger partial charge on any atom is -0.497 e. The zero-order valence-electron chi connectivity index (χ0n) is 18.2. The molecule has 6 heteroatoms. The van der Waals surface area contributed by atoms with Crippen LogP contribution in [0.25, 0.3) is 5.00 Å². The number of ether oxygens (including phenoxy) is 1. The van der Waals surface area contributed by atoms with Crippen LogP contribution in [-0.4, -0.2) is 29.2 Å². The topological polar surface area (TPSA) is 46.5 Å². The second-order valence-corrected chi connectivity index (χ2v) is 9.42. The molecule has 0 bridgehead atoms. The number of aryl methyl sites for hydroxylation is 1. The maximum atomic E-state index is 13.5. The molecule has 162 valence electrons. The van der Waals surface area contributed by atoms with E-state index in [1.165, 1.54) is 33.8 Å². The predicted molar refractivity (Wildman–Crippen MR) is 124 cm³/mol. The number of fused-ring (bicyclic) bond motifs is 5. The summed E-state index contributed by atoms with van der Waals surface area (Å²) < 4.78 is 7.82. The highest BCUT2D eigenvalue weighted by Gasteiger charge is 2.36. The third-order valence-corrected chi connectivity index (χ3v) is 7.71. The molecule has 3 heterocycles. The molecule has 0 saturated carbocycles. The lowest BCUT2D eigenvalue weighted by atomic mass is 9.95. The SMILES string of the molecule is CCCNC(=O)N1Cc2c(sc3c2CCCC3)-n2cccc2C1c1cccc(OC)c1. The molecule has 5 nitrogen and oxygen atoms in total. The van der Waals surface area contributed by atoms with Crippen LogP contribution in [0.4, 0.5) is 4.79 Å². The molecule has 1 atom stereocenters. The molecular formula is C25H29N3O2S. The zero-order valence-corrected chi connectivity index (χ0v) is 19.0. The number of carbonyl (C=O) groups is 1. The van der Waals surface area contributed by atoms with E-state index in [0.717, 1.165) is 36.3 Å². The van der Waals surface area contributed by atoms with Crippen LogP contribution in [0, 0.1) is 0 Å². The number of aromatic nitrogens is 1. The summed E-state index contributed by atoms with van der Waals surface area (Å²) in [4.78, 5) is 17.0. The first-order valence-corrected chi connectivity index (χ1v) is 12.0. The van der Waals surface area contributed by atoms with Crippen molar-refractivity contribution in [1.82, 2.24) is 14.8 Å². The van der Waals surface area contributed by atoms with Crippen LogP contribution in [0.3, 0.4) is 0 Å². The van der Waals surface area contributed by atoms with Gasteiger partial charge in [0.1, 0.15) is 10.8 Å². The normalized spacial score (nSPS) is 17.4. The number of hydrogen-bond donors (Lipinski definition) is 1. The molecule has 0 fully saturated rings. The summed E-state index contributed by atoms with van der Waals surface area (Å²) in [7, 11) is 1.68. The Kier molecular flexibility index (Phi) is 5.48. The van der Waals surface area contributed by atoms with Gasteiger partial charge >= 0.3 is 6.03 Å². The van der Waals surface area contributed by atoms with Crippen molar-refractivity contribution in [3.8, 4) is 10.8 Å². The van der Waals surface area contributed by atoms with E-state index in [0.29, 0.717) is 13.1 Å². The average molecular weight is 436 g/mol. The molecule has 1 aromatic carbocycles. The number of hydrogen-bond acceptors (Lipinski definition) is 3. The van der Waals surface area contributed by atoms with Crippen molar-refractivity contribution in [3.63, 3.8) is 0 Å². The molecule has 5 rings (SSSR count). The number of urea groups is 1. The molecule has 2 amide bonds. The predicted octanol–water partition coefficient (Wildman–Crippen LogP) is 5.45. The van der Waals surface area contributed by atoms with Gasteiger partial charge in [-0.2, -0.15) is 0 Å². The van der Waals surface area contributed by atoms with Crippen molar-refractivity contribution in [3.05, 3.63) is 69.9 Å². The van der Waals surface area contributed by atoms with Crippen LogP contribution in [-0.2, 0) is 19.4 Å². The van der Waals surface area contributed by atoms with Crippen molar-refractivity contribution >= 4 is 17.4 Å². The second-order valence-electron chi connectivity index (χ2n) is 8.34. The van der Waals surface area contributed by atoms with Crippen molar-refractivity contribution in [1.29, 1.82) is 0 Å². The van der Waals surface area contributed by atoms with Crippen LogP contribution in [0.2, 0.25) is 0 Å². The van der Waals surface area contributed by atoms with E-state index in [4.69, 9.17) is 4.74 Å². The number of rotatable bonds is 4. The maximum Gasteiger partial charge on any atom is 0.318 e. The Morgan fingerprint density at radius 3 is 2.90 bits per heavy atom. The smallest absolute Gasteiger partial charge is 0.318 e. The van der Waals surface area contributed by atoms with E-state index in [2.05, 4.69) is 47.3 Å². The number of carbonyl (C=O) groups excluding carboxylic acids is 1. The highest BCUT2D eigenvalue weighted by Crippen LogP contribution is 2.44. The van der Waals surface area contributed by atoms with Crippen molar-refractivity contribution in [2.75, 3.05) is 13.7 Å². The lowest BCUT2D eigenvalue weighted by Gasteiger charge is -2.31. The Bertz CT molecular complexity index is 1100. The first-order valence-electron chi connectivity index (χ1n) is 11.2. The fraction of sp³-hybridized carbons (Fsp3) is 0.400. The molecule has 0 radical (unpaired) electrons. The summed E-state index contributed by atoms with van der Waals surface area (Å²) in [6.07, 6.45) is 7.83. The average Bonchev–Trinajstić information content (AvgIpc) is 3.39. The maximum absolute atomic E-state index is 13.5. The summed E-state index contributed by atoms with van der Waals surface area (Å²) in [5, 5.41) is 4.42. The molecule has 1 aliphatic carbocycles. The van der Waals surface area contributed by atoms with Gasteiger partial charge in [-0.1, -0.05) is 19.1 Å². The first-order chi connectivity index (χ1) is 15.2. The summed E-state index contributed by atoms with van der Waals surface area (Å²) in [5.41, 5.74) is 4.99. The van der Waals surface area contributed by atoms with E-state index in [-0.39, 0.29) is 12.1 Å². The minimum absolute atomic E-state index is 0.00831. The fourth-order valence-corrected chi connectivity index (χ4v) is 6.29. The monoisotopic (exact) mass is 435 g/mol. The number of nitrogens with zero attached hydrogens (tertiary/aromatic N) is 2. The van der Waals surface area contributed by atoms with Gasteiger partial charge in [-0.25, -0.2) is 4.79 Å². The van der Waals surface area contributed by atoms with Gasteiger partial charge in [-0.15, -0.1) is 11.3 Å². The number of methoxy groups -OCH3 is 1. The summed E-state index contributed by atoms with van der Waals surface area (Å²) in [6, 6.07) is 12.2. The summed E-state index contributed by atoms with van der Waals surface area (Å²) >= 11 is 1.91. The van der Waals surface area contributed by atoms with Crippen LogP contribution in [0.5, 0.6) is 5.75 Å². The Morgan fingerprint density at radius 1 is 1.19 bits per heavy atom. The number of thiophene rings is 1. The Hall–Kier alpha value is -2.73. The molecule has 1 unspecified atom stereocenters. The number of benzene rings is 1. The molecule has 1 aliphatic heterocycles. The van der Waals surface area contributed by atoms with Gasteiger partial charge in [0, 0.05) is 23.2 Å². The lowest BCUT2D eigenvalue weighted by Crippen LogP contribution is -2.42. The molecule has 1 N–H and O–H groups in total. The van der Waals surface area contributed by atoms with E-state index in [1.54, 1.807) is 7.11 Å². The van der Waals surface area contributed by atoms with E-state index < -0.39 is 0 Å². The van der Waals surface area contributed by atoms with Crippen molar-refractivity contribution < 1.29 is 9.53 Å². The molecule has 2 aromatic heterocycles. The van der Waals surface area contributed by atoms with Gasteiger partial charge in [0.15, 0.2) is 0 Å². The molecular weight excluding hydrogens is 406 g/mol. The van der Waals surface area contributed by atoms with Crippen molar-refractivity contribution in [2.45, 2.75) is 51.6 Å². The Morgan fingerprint density at radius 2 is 2.06 bits per heavy atom. The van der Waals surface area contributed by atoms with Crippen LogP contribution in [0.1, 0.15) is 59.5 Å². The van der Waals surface area contributed by atoms with Gasteiger partial charge in [-0.05, 0) is 67.5 Å². The minimum atomic E-state index is -0.180. The number of amides is 2. The van der Waals surface area contributed by atoms with Gasteiger partial charge in [0.05, 0.1) is 25.4 Å². The number of nitrogens with one attached hydrogen (secondary N) is 1. The summed E-state index contributed by atoms with van der Waals surface area (Å²) in [5.74, 6) is 0.806. The third-order valence-electron chi connectivity index (χ3n) is 6.38. The van der Waals surface area contributed by atoms with Crippen LogP contribution < -0.4 is 10.1 Å². The molecule has 3 aromatic rings. The molecule has 2 aliphatic rings. The Labute approximate surface area is 187 Å². The van der Waals surface area contributed by atoms with Gasteiger partial charge in [0.25, 0.3) is 0 Å². The molecule has 0 spiro atoms. The van der Waals surface area contributed by atoms with Crippen molar-refractivity contribution in [2.24, 2.45) is 0 Å². The highest BCUT2D eigenvalue weighted by atomic mass is 32.1. The second kappa shape index (κ2) is 8.42. The van der Waals surface area contributed by atoms with Crippen LogP contribution in [0.15, 0.2) is 42.6 Å². The largest absolute Gasteiger partial charge is 0.497 e. The fourth-order valence-electron chi connectivity index (χ4n) is 4.88. The van der Waals surface area contributed by atoms with Gasteiger partial charge in [0.2, 0.25) is 0 Å². The van der Waals surface area contributed by atoms with Crippen LogP contribution >= 0.6 is 11.3 Å². The quantitative estimate of drug-likeness (QED) is 0.592. The highest BCUT2D eigenvalue weighted by molar-refractivity contribution is 7.15. The summed E-state index contributed by atoms with van der Waals surface area (Å²) in [6.45, 7) is 3.39. The Balaban J connectivity index is 1.68. The van der Waals surface area contributed by atoms with Gasteiger partial charge in [-0.3, -0.25) is 0 Å². The molecule has 0 saturated heterocycles. The zero-order chi connectivity index (χ0) is 21.4.